The number of rotatable bonds is 3. The van der Waals surface area contributed by atoms with Crippen LogP contribution in [0.5, 0.6) is 0 Å². The highest BCUT2D eigenvalue weighted by Gasteiger charge is 2.22. The van der Waals surface area contributed by atoms with Crippen LogP contribution in [0, 0.1) is 15.9 Å². The topological polar surface area (TPSA) is 84.3 Å². The van der Waals surface area contributed by atoms with E-state index in [9.17, 15) is 19.3 Å². The molecule has 1 fully saturated rings. The molecule has 0 aromatic heterocycles. The smallest absolute Gasteiger partial charge is 0.271 e. The minimum atomic E-state index is -0.692. The molecule has 0 saturated carbocycles. The van der Waals surface area contributed by atoms with Gasteiger partial charge in [-0.25, -0.2) is 4.39 Å². The number of non-ortho nitro benzene ring substituents is 1. The van der Waals surface area contributed by atoms with E-state index in [1.165, 1.54) is 0 Å². The molecule has 2 rings (SSSR count). The molecule has 19 heavy (non-hydrogen) atoms. The lowest BCUT2D eigenvalue weighted by molar-refractivity contribution is -0.384. The highest BCUT2D eigenvalue weighted by Crippen LogP contribution is 2.21. The molecule has 1 aromatic rings. The molecule has 0 aliphatic carbocycles. The lowest BCUT2D eigenvalue weighted by Crippen LogP contribution is -2.46. The van der Waals surface area contributed by atoms with E-state index in [-0.39, 0.29) is 17.3 Å². The van der Waals surface area contributed by atoms with Gasteiger partial charge in [-0.05, 0) is 6.07 Å². The lowest BCUT2D eigenvalue weighted by Gasteiger charge is -2.22. The normalized spacial score (nSPS) is 18.9. The Bertz CT molecular complexity index is 506. The van der Waals surface area contributed by atoms with Gasteiger partial charge in [0, 0.05) is 30.2 Å². The molecule has 8 heteroatoms. The fourth-order valence-corrected chi connectivity index (χ4v) is 2.61. The summed E-state index contributed by atoms with van der Waals surface area (Å²) in [6.45, 7) is 0.709. The first-order chi connectivity index (χ1) is 9.08. The van der Waals surface area contributed by atoms with Crippen molar-refractivity contribution in [1.82, 2.24) is 5.32 Å². The number of benzene rings is 1. The predicted octanol–water partition coefficient (Wildman–Crippen LogP) is 1.38. The van der Waals surface area contributed by atoms with Gasteiger partial charge in [0.1, 0.15) is 5.82 Å². The first-order valence-corrected chi connectivity index (χ1v) is 6.79. The molecule has 1 atom stereocenters. The maximum atomic E-state index is 13.5. The summed E-state index contributed by atoms with van der Waals surface area (Å²) in [6.07, 6.45) is 0. The number of anilines is 1. The Morgan fingerprint density at radius 3 is 3.00 bits per heavy atom. The van der Waals surface area contributed by atoms with Crippen LogP contribution < -0.4 is 10.6 Å². The number of carbonyl (C=O) groups is 1. The van der Waals surface area contributed by atoms with Crippen LogP contribution in [0.25, 0.3) is 0 Å². The number of nitro groups is 1. The van der Waals surface area contributed by atoms with Crippen LogP contribution in [0.4, 0.5) is 15.8 Å². The summed E-state index contributed by atoms with van der Waals surface area (Å²) in [5.41, 5.74) is -0.431. The van der Waals surface area contributed by atoms with Crippen molar-refractivity contribution in [2.45, 2.75) is 6.04 Å². The van der Waals surface area contributed by atoms with Gasteiger partial charge in [-0.1, -0.05) is 0 Å². The van der Waals surface area contributed by atoms with E-state index in [0.717, 1.165) is 24.0 Å². The first kappa shape index (κ1) is 13.8. The summed E-state index contributed by atoms with van der Waals surface area (Å²) >= 11 is 1.63. The number of carbonyl (C=O) groups excluding carboxylic acids is 1. The van der Waals surface area contributed by atoms with Crippen molar-refractivity contribution in [3.63, 3.8) is 0 Å². The fourth-order valence-electron chi connectivity index (χ4n) is 1.68. The van der Waals surface area contributed by atoms with Crippen LogP contribution in [-0.2, 0) is 4.79 Å². The van der Waals surface area contributed by atoms with E-state index in [4.69, 9.17) is 0 Å². The summed E-state index contributed by atoms with van der Waals surface area (Å²) in [5, 5.41) is 16.0. The minimum absolute atomic E-state index is 0.170. The number of halogens is 1. The number of nitrogens with zero attached hydrogens (tertiary/aromatic N) is 1. The maximum absolute atomic E-state index is 13.5. The zero-order valence-electron chi connectivity index (χ0n) is 9.89. The molecule has 0 bridgehead atoms. The van der Waals surface area contributed by atoms with Crippen molar-refractivity contribution in [3.8, 4) is 0 Å². The van der Waals surface area contributed by atoms with Gasteiger partial charge in [0.15, 0.2) is 0 Å². The average molecular weight is 285 g/mol. The zero-order valence-corrected chi connectivity index (χ0v) is 10.7. The Labute approximate surface area is 112 Å². The third-order valence-electron chi connectivity index (χ3n) is 2.66. The molecule has 1 amide bonds. The Balaban J connectivity index is 2.11. The van der Waals surface area contributed by atoms with Crippen molar-refractivity contribution < 1.29 is 14.1 Å². The van der Waals surface area contributed by atoms with E-state index < -0.39 is 16.8 Å². The molecular weight excluding hydrogens is 273 g/mol. The van der Waals surface area contributed by atoms with Gasteiger partial charge in [0.25, 0.3) is 5.69 Å². The van der Waals surface area contributed by atoms with Crippen LogP contribution in [-0.4, -0.2) is 34.9 Å². The second-order valence-corrected chi connectivity index (χ2v) is 5.14. The van der Waals surface area contributed by atoms with Crippen LogP contribution in [0.3, 0.4) is 0 Å². The minimum Gasteiger partial charge on any atom is -0.322 e. The standard InChI is InChI=1S/C11H12FN3O3S/c12-8-2-1-7(15(17)18)5-9(8)14-11(16)10-6-19-4-3-13-10/h1-2,5,10,13H,3-4,6H2,(H,14,16). The monoisotopic (exact) mass is 285 g/mol. The summed E-state index contributed by atoms with van der Waals surface area (Å²) in [4.78, 5) is 21.8. The molecule has 6 nitrogen and oxygen atoms in total. The average Bonchev–Trinajstić information content (AvgIpc) is 2.42. The summed E-state index contributed by atoms with van der Waals surface area (Å²) < 4.78 is 13.5. The Morgan fingerprint density at radius 1 is 1.58 bits per heavy atom. The molecular formula is C11H12FN3O3S. The summed E-state index contributed by atoms with van der Waals surface area (Å²) in [7, 11) is 0. The van der Waals surface area contributed by atoms with Gasteiger partial charge in [-0.15, -0.1) is 0 Å². The molecule has 102 valence electrons. The highest BCUT2D eigenvalue weighted by molar-refractivity contribution is 7.99. The third-order valence-corrected chi connectivity index (χ3v) is 3.72. The van der Waals surface area contributed by atoms with Crippen molar-refractivity contribution in [1.29, 1.82) is 0 Å². The number of nitrogens with one attached hydrogen (secondary N) is 2. The number of hydrogen-bond acceptors (Lipinski definition) is 5. The Hall–Kier alpha value is -1.67. The number of hydrogen-bond donors (Lipinski definition) is 2. The molecule has 1 aliphatic rings. The molecule has 1 heterocycles. The molecule has 1 aromatic carbocycles. The van der Waals surface area contributed by atoms with Crippen LogP contribution in [0.1, 0.15) is 0 Å². The second kappa shape index (κ2) is 5.98. The molecule has 1 unspecified atom stereocenters. The fraction of sp³-hybridized carbons (Fsp3) is 0.364. The largest absolute Gasteiger partial charge is 0.322 e. The van der Waals surface area contributed by atoms with E-state index >= 15 is 0 Å². The van der Waals surface area contributed by atoms with Gasteiger partial charge >= 0.3 is 0 Å². The van der Waals surface area contributed by atoms with Crippen molar-refractivity contribution in [3.05, 3.63) is 34.1 Å². The third kappa shape index (κ3) is 3.42. The second-order valence-electron chi connectivity index (χ2n) is 3.99. The Kier molecular flexibility index (Phi) is 4.33. The SMILES string of the molecule is O=C(Nc1cc([N+](=O)[O-])ccc1F)C1CSCCN1. The van der Waals surface area contributed by atoms with Crippen molar-refractivity contribution >= 4 is 29.0 Å². The van der Waals surface area contributed by atoms with Crippen LogP contribution in [0.15, 0.2) is 18.2 Å². The molecule has 0 radical (unpaired) electrons. The Morgan fingerprint density at radius 2 is 2.37 bits per heavy atom. The number of thioether (sulfide) groups is 1. The van der Waals surface area contributed by atoms with Crippen molar-refractivity contribution in [2.24, 2.45) is 0 Å². The number of nitro benzene ring substituents is 1. The van der Waals surface area contributed by atoms with Gasteiger partial charge in [-0.2, -0.15) is 11.8 Å². The van der Waals surface area contributed by atoms with Gasteiger partial charge < -0.3 is 10.6 Å². The van der Waals surface area contributed by atoms with E-state index in [2.05, 4.69) is 10.6 Å². The van der Waals surface area contributed by atoms with Crippen LogP contribution >= 0.6 is 11.8 Å². The van der Waals surface area contributed by atoms with E-state index in [0.29, 0.717) is 12.3 Å². The summed E-state index contributed by atoms with van der Waals surface area (Å²) in [6, 6.07) is 2.64. The molecule has 1 saturated heterocycles. The highest BCUT2D eigenvalue weighted by atomic mass is 32.2. The molecule has 1 aliphatic heterocycles. The predicted molar refractivity (Wildman–Crippen MR) is 70.8 cm³/mol. The maximum Gasteiger partial charge on any atom is 0.271 e. The molecule has 0 spiro atoms. The first-order valence-electron chi connectivity index (χ1n) is 5.64. The molecule has 2 N–H and O–H groups in total. The van der Waals surface area contributed by atoms with Gasteiger partial charge in [0.05, 0.1) is 16.7 Å². The zero-order chi connectivity index (χ0) is 13.8. The summed E-state index contributed by atoms with van der Waals surface area (Å²) in [5.74, 6) is 0.450. The van der Waals surface area contributed by atoms with E-state index in [1.807, 2.05) is 0 Å². The van der Waals surface area contributed by atoms with E-state index in [1.54, 1.807) is 11.8 Å². The lowest BCUT2D eigenvalue weighted by atomic mass is 10.2. The number of amides is 1. The quantitative estimate of drug-likeness (QED) is 0.647. The van der Waals surface area contributed by atoms with Gasteiger partial charge in [-0.3, -0.25) is 14.9 Å². The van der Waals surface area contributed by atoms with Crippen LogP contribution in [0.2, 0.25) is 0 Å². The van der Waals surface area contributed by atoms with Crippen molar-refractivity contribution in [2.75, 3.05) is 23.4 Å². The van der Waals surface area contributed by atoms with Gasteiger partial charge in [0.2, 0.25) is 5.91 Å².